The number of rotatable bonds is 5. The van der Waals surface area contributed by atoms with Gasteiger partial charge in [0.1, 0.15) is 0 Å². The van der Waals surface area contributed by atoms with E-state index in [4.69, 9.17) is 28.9 Å². The molecule has 2 aromatic rings. The van der Waals surface area contributed by atoms with Crippen LogP contribution in [0.1, 0.15) is 6.42 Å². The molecular weight excluding hydrogens is 405 g/mol. The van der Waals surface area contributed by atoms with Crippen LogP contribution in [0.25, 0.3) is 0 Å². The Morgan fingerprint density at radius 1 is 1.22 bits per heavy atom. The van der Waals surface area contributed by atoms with E-state index >= 15 is 0 Å². The standard InChI is InChI=1S/C18H19Cl2N5OS/c19-11-4-6-15(7-5-11)27-10-14-9-16(26)24-18(23-14)25-17(21)22-13-3-1-2-12(20)8-13/h1-8,14,18,23H,9-10H2,(H,24,26)(H3,21,22,25). The fraction of sp³-hybridized carbons (Fsp3) is 0.222. The van der Waals surface area contributed by atoms with Crippen LogP contribution in [-0.4, -0.2) is 30.0 Å². The van der Waals surface area contributed by atoms with Crippen LogP contribution in [0.5, 0.6) is 0 Å². The van der Waals surface area contributed by atoms with E-state index in [-0.39, 0.29) is 17.9 Å². The number of hydrogen-bond acceptors (Lipinski definition) is 4. The fourth-order valence-electron chi connectivity index (χ4n) is 2.55. The second-order valence-corrected chi connectivity index (χ2v) is 7.92. The van der Waals surface area contributed by atoms with Gasteiger partial charge in [-0.05, 0) is 42.5 Å². The number of amides is 1. The highest BCUT2D eigenvalue weighted by molar-refractivity contribution is 7.99. The number of benzene rings is 2. The second kappa shape index (κ2) is 9.32. The molecule has 6 nitrogen and oxygen atoms in total. The van der Waals surface area contributed by atoms with Crippen molar-refractivity contribution in [2.75, 3.05) is 11.1 Å². The van der Waals surface area contributed by atoms with Crippen LogP contribution in [-0.2, 0) is 4.79 Å². The first-order chi connectivity index (χ1) is 13.0. The van der Waals surface area contributed by atoms with Gasteiger partial charge in [-0.2, -0.15) is 0 Å². The van der Waals surface area contributed by atoms with Crippen molar-refractivity contribution < 1.29 is 4.79 Å². The summed E-state index contributed by atoms with van der Waals surface area (Å²) in [4.78, 5) is 17.4. The third-order valence-electron chi connectivity index (χ3n) is 3.75. The van der Waals surface area contributed by atoms with Gasteiger partial charge >= 0.3 is 0 Å². The Balaban J connectivity index is 1.57. The molecule has 1 amide bonds. The minimum atomic E-state index is -0.589. The summed E-state index contributed by atoms with van der Waals surface area (Å²) in [6.45, 7) is 0. The predicted molar refractivity (Wildman–Crippen MR) is 112 cm³/mol. The first-order valence-corrected chi connectivity index (χ1v) is 10.0. The van der Waals surface area contributed by atoms with Crippen molar-refractivity contribution in [2.24, 2.45) is 10.7 Å². The quantitative estimate of drug-likeness (QED) is 0.336. The lowest BCUT2D eigenvalue weighted by molar-refractivity contribution is -0.124. The molecule has 1 fully saturated rings. The number of guanidine groups is 1. The molecule has 0 aromatic heterocycles. The average molecular weight is 424 g/mol. The zero-order valence-corrected chi connectivity index (χ0v) is 16.6. The molecule has 0 bridgehead atoms. The molecule has 0 spiro atoms. The lowest BCUT2D eigenvalue weighted by Gasteiger charge is -2.29. The number of halogens is 2. The predicted octanol–water partition coefficient (Wildman–Crippen LogP) is 3.27. The van der Waals surface area contributed by atoms with Gasteiger partial charge in [0.05, 0.1) is 0 Å². The lowest BCUT2D eigenvalue weighted by Crippen LogP contribution is -2.57. The normalized spacial score (nSPS) is 20.2. The number of nitrogens with zero attached hydrogens (tertiary/aromatic N) is 1. The molecule has 2 aromatic carbocycles. The summed E-state index contributed by atoms with van der Waals surface area (Å²) in [7, 11) is 0. The number of nitrogens with one attached hydrogen (secondary N) is 3. The summed E-state index contributed by atoms with van der Waals surface area (Å²) >= 11 is 13.5. The van der Waals surface area contributed by atoms with Crippen LogP contribution in [0.3, 0.4) is 0 Å². The molecular formula is C18H19Cl2N5OS. The van der Waals surface area contributed by atoms with Crippen molar-refractivity contribution in [3.8, 4) is 0 Å². The van der Waals surface area contributed by atoms with Crippen molar-refractivity contribution >= 4 is 52.5 Å². The number of carbonyl (C=O) groups excluding carboxylic acids is 1. The Morgan fingerprint density at radius 3 is 2.74 bits per heavy atom. The maximum absolute atomic E-state index is 12.0. The van der Waals surface area contributed by atoms with Crippen LogP contribution in [0.2, 0.25) is 10.0 Å². The summed E-state index contributed by atoms with van der Waals surface area (Å²) in [5.74, 6) is 0.837. The zero-order valence-electron chi connectivity index (χ0n) is 14.3. The van der Waals surface area contributed by atoms with Crippen molar-refractivity contribution in [2.45, 2.75) is 23.6 Å². The number of thioether (sulfide) groups is 1. The number of nitrogens with two attached hydrogens (primary N) is 1. The average Bonchev–Trinajstić information content (AvgIpc) is 2.60. The Morgan fingerprint density at radius 2 is 2.00 bits per heavy atom. The SMILES string of the molecule is N/C(=N\C1NC(=O)CC(CSc2ccc(Cl)cc2)N1)Nc1cccc(Cl)c1. The molecule has 1 saturated heterocycles. The first kappa shape index (κ1) is 19.8. The molecule has 3 rings (SSSR count). The highest BCUT2D eigenvalue weighted by Crippen LogP contribution is 2.22. The summed E-state index contributed by atoms with van der Waals surface area (Å²) in [5.41, 5.74) is 6.67. The van der Waals surface area contributed by atoms with Crippen molar-refractivity contribution in [3.05, 3.63) is 58.6 Å². The van der Waals surface area contributed by atoms with Gasteiger partial charge in [0, 0.05) is 38.8 Å². The molecule has 1 aliphatic heterocycles. The van der Waals surface area contributed by atoms with E-state index in [1.807, 2.05) is 36.4 Å². The van der Waals surface area contributed by atoms with E-state index in [1.165, 1.54) is 0 Å². The Labute approximate surface area is 171 Å². The van der Waals surface area contributed by atoms with Crippen LogP contribution in [0.4, 0.5) is 5.69 Å². The zero-order chi connectivity index (χ0) is 19.2. The Kier molecular flexibility index (Phi) is 6.84. The van der Waals surface area contributed by atoms with Crippen LogP contribution in [0, 0.1) is 0 Å². The molecule has 1 aliphatic rings. The second-order valence-electron chi connectivity index (χ2n) is 5.95. The van der Waals surface area contributed by atoms with E-state index in [1.54, 1.807) is 23.9 Å². The van der Waals surface area contributed by atoms with E-state index in [0.717, 1.165) is 16.3 Å². The topological polar surface area (TPSA) is 91.5 Å². The number of carbonyl (C=O) groups is 1. The molecule has 9 heteroatoms. The van der Waals surface area contributed by atoms with E-state index in [2.05, 4.69) is 20.9 Å². The molecule has 27 heavy (non-hydrogen) atoms. The summed E-state index contributed by atoms with van der Waals surface area (Å²) < 4.78 is 0. The van der Waals surface area contributed by atoms with Gasteiger partial charge in [0.25, 0.3) is 0 Å². The van der Waals surface area contributed by atoms with Crippen molar-refractivity contribution in [1.29, 1.82) is 0 Å². The highest BCUT2D eigenvalue weighted by Gasteiger charge is 2.25. The molecule has 0 saturated carbocycles. The maximum Gasteiger partial charge on any atom is 0.224 e. The number of hydrogen-bond donors (Lipinski definition) is 4. The lowest BCUT2D eigenvalue weighted by atomic mass is 10.2. The van der Waals surface area contributed by atoms with Crippen molar-refractivity contribution in [1.82, 2.24) is 10.6 Å². The van der Waals surface area contributed by atoms with Crippen molar-refractivity contribution in [3.63, 3.8) is 0 Å². The van der Waals surface area contributed by atoms with Gasteiger partial charge in [-0.3, -0.25) is 10.1 Å². The van der Waals surface area contributed by atoms with Gasteiger partial charge in [-0.15, -0.1) is 11.8 Å². The van der Waals surface area contributed by atoms with Gasteiger partial charge in [0.2, 0.25) is 5.91 Å². The fourth-order valence-corrected chi connectivity index (χ4v) is 3.80. The van der Waals surface area contributed by atoms with E-state index in [9.17, 15) is 4.79 Å². The van der Waals surface area contributed by atoms with Gasteiger partial charge < -0.3 is 16.4 Å². The van der Waals surface area contributed by atoms with E-state index < -0.39 is 6.29 Å². The largest absolute Gasteiger partial charge is 0.370 e. The maximum atomic E-state index is 12.0. The molecule has 0 aliphatic carbocycles. The van der Waals surface area contributed by atoms with Gasteiger partial charge in [-0.25, -0.2) is 4.99 Å². The van der Waals surface area contributed by atoms with Crippen LogP contribution < -0.4 is 21.7 Å². The monoisotopic (exact) mass is 423 g/mol. The third kappa shape index (κ3) is 6.32. The Bertz CT molecular complexity index is 831. The molecule has 1 heterocycles. The summed E-state index contributed by atoms with van der Waals surface area (Å²) in [6.07, 6.45) is -0.206. The third-order valence-corrected chi connectivity index (χ3v) is 5.41. The van der Waals surface area contributed by atoms with Gasteiger partial charge in [-0.1, -0.05) is 29.3 Å². The molecule has 0 radical (unpaired) electrons. The summed E-state index contributed by atoms with van der Waals surface area (Å²) in [6, 6.07) is 14.7. The molecule has 2 unspecified atom stereocenters. The van der Waals surface area contributed by atoms with Gasteiger partial charge in [0.15, 0.2) is 12.2 Å². The molecule has 5 N–H and O–H groups in total. The Hall–Kier alpha value is -1.93. The molecule has 142 valence electrons. The smallest absolute Gasteiger partial charge is 0.224 e. The number of aliphatic imine (C=N–C) groups is 1. The van der Waals surface area contributed by atoms with Crippen LogP contribution in [0.15, 0.2) is 58.4 Å². The van der Waals surface area contributed by atoms with Crippen LogP contribution >= 0.6 is 35.0 Å². The highest BCUT2D eigenvalue weighted by atomic mass is 35.5. The van der Waals surface area contributed by atoms with E-state index in [0.29, 0.717) is 16.5 Å². The first-order valence-electron chi connectivity index (χ1n) is 8.27. The summed E-state index contributed by atoms with van der Waals surface area (Å²) in [5, 5.41) is 10.3. The minimum absolute atomic E-state index is 0.0212. The minimum Gasteiger partial charge on any atom is -0.370 e. The number of anilines is 1. The molecule has 2 atom stereocenters.